The molecule has 1 fully saturated rings. The fraction of sp³-hybridized carbons (Fsp3) is 0.429. The highest BCUT2D eigenvalue weighted by Gasteiger charge is 2.17. The van der Waals surface area contributed by atoms with Crippen LogP contribution >= 0.6 is 11.6 Å². The summed E-state index contributed by atoms with van der Waals surface area (Å²) in [6, 6.07) is 6.34. The van der Waals surface area contributed by atoms with Gasteiger partial charge in [-0.2, -0.15) is 0 Å². The Balaban J connectivity index is 1.82. The third-order valence-electron chi connectivity index (χ3n) is 3.67. The third-order valence-corrected chi connectivity index (χ3v) is 3.90. The molecule has 0 radical (unpaired) electrons. The second-order valence-electron chi connectivity index (χ2n) is 5.14. The molecule has 3 N–H and O–H groups in total. The molecule has 1 saturated heterocycles. The fourth-order valence-electron chi connectivity index (χ4n) is 2.77. The predicted molar refractivity (Wildman–Crippen MR) is 75.8 cm³/mol. The predicted octanol–water partition coefficient (Wildman–Crippen LogP) is 2.74. The average molecular weight is 264 g/mol. The Hall–Kier alpha value is -1.03. The van der Waals surface area contributed by atoms with Gasteiger partial charge in [0.05, 0.1) is 0 Å². The lowest BCUT2D eigenvalue weighted by atomic mass is 10.1. The highest BCUT2D eigenvalue weighted by Crippen LogP contribution is 2.24. The van der Waals surface area contributed by atoms with E-state index in [2.05, 4.69) is 22.1 Å². The van der Waals surface area contributed by atoms with Gasteiger partial charge in [-0.15, -0.1) is 0 Å². The van der Waals surface area contributed by atoms with Gasteiger partial charge in [0, 0.05) is 41.3 Å². The van der Waals surface area contributed by atoms with Crippen molar-refractivity contribution in [2.75, 3.05) is 13.1 Å². The van der Waals surface area contributed by atoms with E-state index in [1.165, 1.54) is 17.4 Å². The first-order chi connectivity index (χ1) is 8.72. The van der Waals surface area contributed by atoms with Crippen molar-refractivity contribution in [3.05, 3.63) is 35.0 Å². The molecule has 0 bridgehead atoms. The van der Waals surface area contributed by atoms with E-state index in [4.69, 9.17) is 17.3 Å². The van der Waals surface area contributed by atoms with Gasteiger partial charge in [0.2, 0.25) is 0 Å². The standard InChI is InChI=1S/C14H18ClN3/c15-11-3-4-13-10(7-17-14(13)6-11)8-18-5-1-2-12(16)9-18/h3-4,6-7,12,17H,1-2,5,8-9,16H2. The van der Waals surface area contributed by atoms with E-state index >= 15 is 0 Å². The number of halogens is 1. The van der Waals surface area contributed by atoms with Crippen LogP contribution in [0.25, 0.3) is 10.9 Å². The van der Waals surface area contributed by atoms with Gasteiger partial charge >= 0.3 is 0 Å². The molecular weight excluding hydrogens is 246 g/mol. The van der Waals surface area contributed by atoms with Crippen molar-refractivity contribution in [1.29, 1.82) is 0 Å². The van der Waals surface area contributed by atoms with Crippen LogP contribution in [0.15, 0.2) is 24.4 Å². The molecule has 1 aliphatic heterocycles. The number of hydrogen-bond donors (Lipinski definition) is 2. The summed E-state index contributed by atoms with van der Waals surface area (Å²) in [6.07, 6.45) is 4.44. The molecule has 1 aromatic carbocycles. The number of hydrogen-bond acceptors (Lipinski definition) is 2. The minimum Gasteiger partial charge on any atom is -0.361 e. The second-order valence-corrected chi connectivity index (χ2v) is 5.58. The number of nitrogens with zero attached hydrogens (tertiary/aromatic N) is 1. The Morgan fingerprint density at radius 3 is 3.17 bits per heavy atom. The number of nitrogens with one attached hydrogen (secondary N) is 1. The maximum atomic E-state index is 6.02. The summed E-state index contributed by atoms with van der Waals surface area (Å²) in [7, 11) is 0. The zero-order chi connectivity index (χ0) is 12.5. The largest absolute Gasteiger partial charge is 0.361 e. The Labute approximate surface area is 112 Å². The molecule has 4 heteroatoms. The summed E-state index contributed by atoms with van der Waals surface area (Å²) >= 11 is 5.99. The van der Waals surface area contributed by atoms with E-state index in [-0.39, 0.29) is 0 Å². The Bertz CT molecular complexity index is 549. The molecule has 2 aromatic rings. The topological polar surface area (TPSA) is 45.0 Å². The van der Waals surface area contributed by atoms with Gasteiger partial charge in [-0.05, 0) is 37.1 Å². The molecule has 0 amide bonds. The summed E-state index contributed by atoms with van der Waals surface area (Å²) in [5, 5.41) is 2.04. The molecule has 18 heavy (non-hydrogen) atoms. The number of aromatic amines is 1. The van der Waals surface area contributed by atoms with Crippen LogP contribution in [0.2, 0.25) is 5.02 Å². The molecule has 1 unspecified atom stereocenters. The first-order valence-electron chi connectivity index (χ1n) is 6.46. The third kappa shape index (κ3) is 2.39. The van der Waals surface area contributed by atoms with Crippen LogP contribution in [0.4, 0.5) is 0 Å². The Morgan fingerprint density at radius 2 is 2.33 bits per heavy atom. The molecule has 0 spiro atoms. The van der Waals surface area contributed by atoms with Crippen molar-refractivity contribution in [2.45, 2.75) is 25.4 Å². The molecule has 1 aliphatic rings. The molecule has 0 saturated carbocycles. The number of fused-ring (bicyclic) bond motifs is 1. The van der Waals surface area contributed by atoms with Gasteiger partial charge in [-0.3, -0.25) is 4.90 Å². The van der Waals surface area contributed by atoms with E-state index in [9.17, 15) is 0 Å². The molecule has 1 atom stereocenters. The summed E-state index contributed by atoms with van der Waals surface area (Å²) in [4.78, 5) is 5.72. The van der Waals surface area contributed by atoms with E-state index in [1.54, 1.807) is 0 Å². The Morgan fingerprint density at radius 1 is 1.44 bits per heavy atom. The van der Waals surface area contributed by atoms with Gasteiger partial charge in [0.15, 0.2) is 0 Å². The molecule has 3 nitrogen and oxygen atoms in total. The lowest BCUT2D eigenvalue weighted by Crippen LogP contribution is -2.42. The zero-order valence-corrected chi connectivity index (χ0v) is 11.1. The maximum absolute atomic E-state index is 6.02. The van der Waals surface area contributed by atoms with Crippen molar-refractivity contribution in [1.82, 2.24) is 9.88 Å². The zero-order valence-electron chi connectivity index (χ0n) is 10.3. The number of rotatable bonds is 2. The summed E-state index contributed by atoms with van der Waals surface area (Å²) < 4.78 is 0. The monoisotopic (exact) mass is 263 g/mol. The van der Waals surface area contributed by atoms with Crippen LogP contribution in [-0.2, 0) is 6.54 Å². The van der Waals surface area contributed by atoms with Crippen molar-refractivity contribution in [3.63, 3.8) is 0 Å². The number of likely N-dealkylation sites (tertiary alicyclic amines) is 1. The van der Waals surface area contributed by atoms with Crippen LogP contribution in [0, 0.1) is 0 Å². The van der Waals surface area contributed by atoms with Gasteiger partial charge in [-0.1, -0.05) is 17.7 Å². The number of nitrogens with two attached hydrogens (primary N) is 1. The number of aromatic nitrogens is 1. The van der Waals surface area contributed by atoms with Crippen LogP contribution < -0.4 is 5.73 Å². The minimum atomic E-state index is 0.332. The summed E-state index contributed by atoms with van der Waals surface area (Å²) in [5.41, 5.74) is 8.46. The fourth-order valence-corrected chi connectivity index (χ4v) is 2.94. The van der Waals surface area contributed by atoms with Crippen molar-refractivity contribution in [2.24, 2.45) is 5.73 Å². The summed E-state index contributed by atoms with van der Waals surface area (Å²) in [6.45, 7) is 3.11. The van der Waals surface area contributed by atoms with Gasteiger partial charge in [-0.25, -0.2) is 0 Å². The number of benzene rings is 1. The number of piperidine rings is 1. The highest BCUT2D eigenvalue weighted by atomic mass is 35.5. The van der Waals surface area contributed by atoms with Crippen LogP contribution in [0.5, 0.6) is 0 Å². The van der Waals surface area contributed by atoms with Gasteiger partial charge in [0.25, 0.3) is 0 Å². The minimum absolute atomic E-state index is 0.332. The average Bonchev–Trinajstić information content (AvgIpc) is 2.72. The van der Waals surface area contributed by atoms with E-state index in [0.29, 0.717) is 6.04 Å². The van der Waals surface area contributed by atoms with Crippen molar-refractivity contribution >= 4 is 22.5 Å². The van der Waals surface area contributed by atoms with Crippen molar-refractivity contribution < 1.29 is 0 Å². The van der Waals surface area contributed by atoms with E-state index in [1.807, 2.05) is 12.1 Å². The second kappa shape index (κ2) is 4.92. The van der Waals surface area contributed by atoms with Gasteiger partial charge in [0.1, 0.15) is 0 Å². The van der Waals surface area contributed by atoms with Gasteiger partial charge < -0.3 is 10.7 Å². The molecule has 2 heterocycles. The lowest BCUT2D eigenvalue weighted by Gasteiger charge is -2.30. The van der Waals surface area contributed by atoms with Crippen LogP contribution in [0.1, 0.15) is 18.4 Å². The first-order valence-corrected chi connectivity index (χ1v) is 6.83. The quantitative estimate of drug-likeness (QED) is 0.875. The first kappa shape index (κ1) is 12.0. The highest BCUT2D eigenvalue weighted by molar-refractivity contribution is 6.31. The van der Waals surface area contributed by atoms with E-state index < -0.39 is 0 Å². The van der Waals surface area contributed by atoms with Crippen molar-refractivity contribution in [3.8, 4) is 0 Å². The smallest absolute Gasteiger partial charge is 0.0472 e. The maximum Gasteiger partial charge on any atom is 0.0472 e. The normalized spacial score (nSPS) is 21.6. The molecule has 1 aromatic heterocycles. The van der Waals surface area contributed by atoms with E-state index in [0.717, 1.165) is 36.6 Å². The Kier molecular flexibility index (Phi) is 3.29. The SMILES string of the molecule is NC1CCCN(Cc2c[nH]c3cc(Cl)ccc23)C1. The van der Waals surface area contributed by atoms with Crippen LogP contribution in [0.3, 0.4) is 0 Å². The molecular formula is C14H18ClN3. The molecule has 96 valence electrons. The molecule has 0 aliphatic carbocycles. The molecule has 3 rings (SSSR count). The number of H-pyrrole nitrogens is 1. The lowest BCUT2D eigenvalue weighted by molar-refractivity contribution is 0.202. The van der Waals surface area contributed by atoms with Crippen LogP contribution in [-0.4, -0.2) is 29.0 Å². The summed E-state index contributed by atoms with van der Waals surface area (Å²) in [5.74, 6) is 0.